The maximum Gasteiger partial charge on any atom is 0.312 e. The summed E-state index contributed by atoms with van der Waals surface area (Å²) >= 11 is 5.88. The van der Waals surface area contributed by atoms with Crippen molar-refractivity contribution in [3.63, 3.8) is 0 Å². The average Bonchev–Trinajstić information content (AvgIpc) is 3.01. The molecule has 7 nitrogen and oxygen atoms in total. The third kappa shape index (κ3) is 5.06. The van der Waals surface area contributed by atoms with Crippen LogP contribution in [0.1, 0.15) is 30.5 Å². The molecule has 0 bridgehead atoms. The number of nitrogens with one attached hydrogen (secondary N) is 1. The number of para-hydroxylation sites is 1. The van der Waals surface area contributed by atoms with Gasteiger partial charge in [-0.3, -0.25) is 9.59 Å². The molecule has 8 heteroatoms. The quantitative estimate of drug-likeness (QED) is 0.708. The fourth-order valence-corrected chi connectivity index (χ4v) is 3.63. The minimum absolute atomic E-state index is 0.00283. The summed E-state index contributed by atoms with van der Waals surface area (Å²) in [6, 6.07) is 12.9. The van der Waals surface area contributed by atoms with E-state index in [2.05, 4.69) is 5.32 Å². The van der Waals surface area contributed by atoms with Crippen LogP contribution in [0.2, 0.25) is 5.02 Å². The summed E-state index contributed by atoms with van der Waals surface area (Å²) in [4.78, 5) is 37.9. The molecule has 2 atom stereocenters. The summed E-state index contributed by atoms with van der Waals surface area (Å²) in [7, 11) is 0. The highest BCUT2D eigenvalue weighted by Crippen LogP contribution is 2.31. The topological polar surface area (TPSA) is 102 Å². The molecule has 152 valence electrons. The molecular weight excluding hydrogens is 394 g/mol. The summed E-state index contributed by atoms with van der Waals surface area (Å²) in [6.45, 7) is 1.58. The number of halogens is 1. The van der Waals surface area contributed by atoms with Gasteiger partial charge in [-0.1, -0.05) is 41.9 Å². The van der Waals surface area contributed by atoms with Crippen LogP contribution in [-0.2, 0) is 20.7 Å². The van der Waals surface area contributed by atoms with Crippen LogP contribution in [0.25, 0.3) is 0 Å². The van der Waals surface area contributed by atoms with Gasteiger partial charge in [0.25, 0.3) is 5.91 Å². The van der Waals surface area contributed by atoms with Crippen molar-refractivity contribution in [1.29, 1.82) is 0 Å². The van der Waals surface area contributed by atoms with Crippen LogP contribution in [0.15, 0.2) is 48.5 Å². The van der Waals surface area contributed by atoms with Gasteiger partial charge < -0.3 is 20.7 Å². The molecule has 0 aromatic heterocycles. The summed E-state index contributed by atoms with van der Waals surface area (Å²) < 4.78 is 5.19. The molecule has 0 fully saturated rings. The highest BCUT2D eigenvalue weighted by atomic mass is 35.5. The number of urea groups is 1. The Labute approximate surface area is 173 Å². The standard InChI is InChI=1S/C21H22ClN3O4/c1-13-10-15-4-2-3-5-18(15)25(13)19(26)12-29-20(27)11-17(24-21(23)28)14-6-8-16(22)9-7-14/h2-9,13,17H,10-12H2,1H3,(H3,23,24,28)/t13-,17-/m0/s1. The first-order valence-electron chi connectivity index (χ1n) is 9.22. The second kappa shape index (κ2) is 8.96. The summed E-state index contributed by atoms with van der Waals surface area (Å²) in [6.07, 6.45) is 0.598. The molecular formula is C21H22ClN3O4. The molecule has 0 aliphatic carbocycles. The number of anilines is 1. The zero-order valence-corrected chi connectivity index (χ0v) is 16.7. The molecule has 3 N–H and O–H groups in total. The first-order valence-corrected chi connectivity index (χ1v) is 9.60. The lowest BCUT2D eigenvalue weighted by molar-refractivity contribution is -0.148. The van der Waals surface area contributed by atoms with Crippen molar-refractivity contribution in [3.05, 3.63) is 64.7 Å². The van der Waals surface area contributed by atoms with E-state index >= 15 is 0 Å². The second-order valence-electron chi connectivity index (χ2n) is 6.92. The number of rotatable bonds is 6. The Morgan fingerprint density at radius 3 is 2.59 bits per heavy atom. The number of benzene rings is 2. The normalized spacial score (nSPS) is 16.1. The Bertz CT molecular complexity index is 916. The summed E-state index contributed by atoms with van der Waals surface area (Å²) in [5, 5.41) is 3.04. The van der Waals surface area contributed by atoms with Gasteiger partial charge in [0, 0.05) is 16.8 Å². The number of carbonyl (C=O) groups excluding carboxylic acids is 3. The Morgan fingerprint density at radius 1 is 1.21 bits per heavy atom. The Kier molecular flexibility index (Phi) is 6.39. The SMILES string of the molecule is C[C@H]1Cc2ccccc2N1C(=O)COC(=O)C[C@H](NC(N)=O)c1ccc(Cl)cc1. The van der Waals surface area contributed by atoms with Gasteiger partial charge in [-0.2, -0.15) is 0 Å². The number of carbonyl (C=O) groups is 3. The fraction of sp³-hybridized carbons (Fsp3) is 0.286. The van der Waals surface area contributed by atoms with E-state index in [9.17, 15) is 14.4 Å². The third-order valence-corrected chi connectivity index (χ3v) is 5.04. The van der Waals surface area contributed by atoms with Gasteiger partial charge in [-0.05, 0) is 42.7 Å². The van der Waals surface area contributed by atoms with E-state index in [0.29, 0.717) is 10.6 Å². The molecule has 29 heavy (non-hydrogen) atoms. The van der Waals surface area contributed by atoms with Crippen molar-refractivity contribution < 1.29 is 19.1 Å². The lowest BCUT2D eigenvalue weighted by Crippen LogP contribution is -2.39. The van der Waals surface area contributed by atoms with E-state index in [4.69, 9.17) is 22.1 Å². The van der Waals surface area contributed by atoms with E-state index in [1.807, 2.05) is 31.2 Å². The van der Waals surface area contributed by atoms with Crippen LogP contribution in [-0.4, -0.2) is 30.6 Å². The van der Waals surface area contributed by atoms with E-state index in [1.165, 1.54) is 0 Å². The third-order valence-electron chi connectivity index (χ3n) is 4.79. The number of ether oxygens (including phenoxy) is 1. The van der Waals surface area contributed by atoms with E-state index in [1.54, 1.807) is 29.2 Å². The first kappa shape index (κ1) is 20.7. The molecule has 1 heterocycles. The highest BCUT2D eigenvalue weighted by molar-refractivity contribution is 6.30. The van der Waals surface area contributed by atoms with Crippen LogP contribution in [0.5, 0.6) is 0 Å². The smallest absolute Gasteiger partial charge is 0.312 e. The number of hydrogen-bond acceptors (Lipinski definition) is 4. The molecule has 3 amide bonds. The number of primary amides is 1. The number of hydrogen-bond donors (Lipinski definition) is 2. The molecule has 0 saturated carbocycles. The monoisotopic (exact) mass is 415 g/mol. The number of amides is 3. The molecule has 0 unspecified atom stereocenters. The average molecular weight is 416 g/mol. The fourth-order valence-electron chi connectivity index (χ4n) is 3.50. The number of nitrogens with zero attached hydrogens (tertiary/aromatic N) is 1. The maximum absolute atomic E-state index is 12.6. The summed E-state index contributed by atoms with van der Waals surface area (Å²) in [5.41, 5.74) is 7.80. The van der Waals surface area contributed by atoms with Crippen LogP contribution < -0.4 is 16.0 Å². The van der Waals surface area contributed by atoms with Gasteiger partial charge in [0.15, 0.2) is 6.61 Å². The van der Waals surface area contributed by atoms with E-state index < -0.39 is 18.0 Å². The Hall–Kier alpha value is -3.06. The molecule has 2 aromatic rings. The van der Waals surface area contributed by atoms with Crippen molar-refractivity contribution in [2.45, 2.75) is 31.8 Å². The molecule has 3 rings (SSSR count). The Balaban J connectivity index is 1.61. The molecule has 1 aliphatic heterocycles. The molecule has 0 spiro atoms. The van der Waals surface area contributed by atoms with Crippen LogP contribution >= 0.6 is 11.6 Å². The van der Waals surface area contributed by atoms with Gasteiger partial charge >= 0.3 is 12.0 Å². The minimum Gasteiger partial charge on any atom is -0.455 e. The summed E-state index contributed by atoms with van der Waals surface area (Å²) in [5.74, 6) is -0.908. The van der Waals surface area contributed by atoms with Gasteiger partial charge in [-0.15, -0.1) is 0 Å². The number of nitrogens with two attached hydrogens (primary N) is 1. The first-order chi connectivity index (χ1) is 13.8. The lowest BCUT2D eigenvalue weighted by atomic mass is 10.0. The zero-order chi connectivity index (χ0) is 21.0. The van der Waals surface area contributed by atoms with Crippen molar-refractivity contribution in [2.24, 2.45) is 5.73 Å². The van der Waals surface area contributed by atoms with E-state index in [-0.39, 0.29) is 25.0 Å². The van der Waals surface area contributed by atoms with Gasteiger partial charge in [0.1, 0.15) is 0 Å². The zero-order valence-electron chi connectivity index (χ0n) is 15.9. The number of esters is 1. The van der Waals surface area contributed by atoms with Gasteiger partial charge in [-0.25, -0.2) is 4.79 Å². The van der Waals surface area contributed by atoms with E-state index in [0.717, 1.165) is 17.7 Å². The van der Waals surface area contributed by atoms with Crippen LogP contribution in [0.3, 0.4) is 0 Å². The predicted octanol–water partition coefficient (Wildman–Crippen LogP) is 2.96. The van der Waals surface area contributed by atoms with Crippen molar-refractivity contribution in [3.8, 4) is 0 Å². The Morgan fingerprint density at radius 2 is 1.90 bits per heavy atom. The van der Waals surface area contributed by atoms with Crippen molar-refractivity contribution >= 4 is 35.2 Å². The predicted molar refractivity (Wildman–Crippen MR) is 110 cm³/mol. The van der Waals surface area contributed by atoms with Crippen molar-refractivity contribution in [2.75, 3.05) is 11.5 Å². The molecule has 0 saturated heterocycles. The van der Waals surface area contributed by atoms with Gasteiger partial charge in [0.2, 0.25) is 0 Å². The minimum atomic E-state index is -0.767. The lowest BCUT2D eigenvalue weighted by Gasteiger charge is -2.23. The molecule has 2 aromatic carbocycles. The van der Waals surface area contributed by atoms with Crippen LogP contribution in [0.4, 0.5) is 10.5 Å². The van der Waals surface area contributed by atoms with Gasteiger partial charge in [0.05, 0.1) is 12.5 Å². The number of fused-ring (bicyclic) bond motifs is 1. The molecule has 1 aliphatic rings. The highest BCUT2D eigenvalue weighted by Gasteiger charge is 2.31. The second-order valence-corrected chi connectivity index (χ2v) is 7.36. The molecule has 0 radical (unpaired) electrons. The maximum atomic E-state index is 12.6. The largest absolute Gasteiger partial charge is 0.455 e. The van der Waals surface area contributed by atoms with Crippen molar-refractivity contribution in [1.82, 2.24) is 5.32 Å². The van der Waals surface area contributed by atoms with Crippen LogP contribution in [0, 0.1) is 0 Å².